The van der Waals surface area contributed by atoms with Gasteiger partial charge in [-0.2, -0.15) is 0 Å². The lowest BCUT2D eigenvalue weighted by Gasteiger charge is -2.12. The molecule has 0 aliphatic carbocycles. The van der Waals surface area contributed by atoms with Gasteiger partial charge in [-0.1, -0.05) is 0 Å². The summed E-state index contributed by atoms with van der Waals surface area (Å²) in [6, 6.07) is 3.32. The molecule has 1 aromatic rings. The molecule has 0 unspecified atom stereocenters. The highest BCUT2D eigenvalue weighted by Gasteiger charge is 2.17. The smallest absolute Gasteiger partial charge is 0.308 e. The van der Waals surface area contributed by atoms with Crippen LogP contribution < -0.4 is 4.74 Å². The van der Waals surface area contributed by atoms with Gasteiger partial charge in [0.2, 0.25) is 5.88 Å². The molecule has 0 saturated heterocycles. The topological polar surface area (TPSA) is 68.7 Å². The van der Waals surface area contributed by atoms with Crippen molar-refractivity contribution in [1.29, 1.82) is 0 Å². The molecular weight excluding hydrogens is 198 g/mol. The summed E-state index contributed by atoms with van der Waals surface area (Å²) < 4.78 is 9.41. The van der Waals surface area contributed by atoms with Gasteiger partial charge in [0.05, 0.1) is 26.7 Å². The van der Waals surface area contributed by atoms with Gasteiger partial charge >= 0.3 is 5.97 Å². The van der Waals surface area contributed by atoms with Crippen molar-refractivity contribution >= 4 is 5.97 Å². The second-order valence-electron chi connectivity index (χ2n) is 2.90. The summed E-state index contributed by atoms with van der Waals surface area (Å²) in [4.78, 5) is 14.9. The fourth-order valence-electron chi connectivity index (χ4n) is 1.18. The van der Waals surface area contributed by atoms with Crippen molar-refractivity contribution in [2.24, 2.45) is 0 Å². The number of ether oxygens (including phenoxy) is 2. The van der Waals surface area contributed by atoms with Gasteiger partial charge in [0, 0.05) is 11.8 Å². The quantitative estimate of drug-likeness (QED) is 0.742. The van der Waals surface area contributed by atoms with E-state index in [0.717, 1.165) is 0 Å². The number of aromatic nitrogens is 1. The first-order chi connectivity index (χ1) is 7.19. The van der Waals surface area contributed by atoms with E-state index in [1.807, 2.05) is 0 Å². The highest BCUT2D eigenvalue weighted by Crippen LogP contribution is 2.24. The van der Waals surface area contributed by atoms with Gasteiger partial charge in [0.1, 0.15) is 0 Å². The van der Waals surface area contributed by atoms with E-state index in [1.54, 1.807) is 18.3 Å². The van der Waals surface area contributed by atoms with Crippen molar-refractivity contribution in [3.8, 4) is 5.88 Å². The van der Waals surface area contributed by atoms with E-state index in [2.05, 4.69) is 9.72 Å². The molecule has 0 saturated carbocycles. The number of aliphatic hydroxyl groups excluding tert-OH is 1. The number of hydrogen-bond acceptors (Lipinski definition) is 5. The number of esters is 1. The Morgan fingerprint density at radius 3 is 2.93 bits per heavy atom. The number of carbonyl (C=O) groups is 1. The van der Waals surface area contributed by atoms with Crippen LogP contribution >= 0.6 is 0 Å². The third kappa shape index (κ3) is 2.92. The molecule has 0 aromatic carbocycles. The fraction of sp³-hybridized carbons (Fsp3) is 0.400. The minimum absolute atomic E-state index is 0.113. The third-order valence-electron chi connectivity index (χ3n) is 1.94. The van der Waals surface area contributed by atoms with Crippen LogP contribution in [-0.4, -0.2) is 30.3 Å². The number of carbonyl (C=O) groups excluding carboxylic acids is 1. The number of hydrogen-bond donors (Lipinski definition) is 1. The van der Waals surface area contributed by atoms with E-state index in [9.17, 15) is 9.90 Å². The van der Waals surface area contributed by atoms with Gasteiger partial charge in [0.15, 0.2) is 0 Å². The van der Waals surface area contributed by atoms with E-state index in [-0.39, 0.29) is 6.42 Å². The van der Waals surface area contributed by atoms with Crippen LogP contribution in [0.1, 0.15) is 18.1 Å². The highest BCUT2D eigenvalue weighted by atomic mass is 16.5. The third-order valence-corrected chi connectivity index (χ3v) is 1.94. The number of methoxy groups -OCH3 is 2. The average Bonchev–Trinajstić information content (AvgIpc) is 2.28. The largest absolute Gasteiger partial charge is 0.481 e. The fourth-order valence-corrected chi connectivity index (χ4v) is 1.18. The second kappa shape index (κ2) is 5.31. The Hall–Kier alpha value is -1.62. The maximum absolute atomic E-state index is 11.0. The normalized spacial score (nSPS) is 11.9. The van der Waals surface area contributed by atoms with Crippen molar-refractivity contribution in [1.82, 2.24) is 4.98 Å². The molecule has 1 heterocycles. The lowest BCUT2D eigenvalue weighted by molar-refractivity contribution is -0.142. The Kier molecular flexibility index (Phi) is 4.05. The molecule has 0 aliphatic heterocycles. The summed E-state index contributed by atoms with van der Waals surface area (Å²) in [5, 5.41) is 9.71. The summed E-state index contributed by atoms with van der Waals surface area (Å²) in [6.07, 6.45) is 0.479. The summed E-state index contributed by atoms with van der Waals surface area (Å²) in [5.74, 6) is -0.165. The molecule has 1 aromatic heterocycles. The maximum atomic E-state index is 11.0. The Morgan fingerprint density at radius 2 is 2.33 bits per heavy atom. The Morgan fingerprint density at radius 1 is 1.60 bits per heavy atom. The molecule has 1 rings (SSSR count). The summed E-state index contributed by atoms with van der Waals surface area (Å²) in [7, 11) is 2.73. The first-order valence-corrected chi connectivity index (χ1v) is 4.42. The summed E-state index contributed by atoms with van der Waals surface area (Å²) >= 11 is 0. The van der Waals surface area contributed by atoms with Crippen LogP contribution in [0, 0.1) is 0 Å². The van der Waals surface area contributed by atoms with Crippen molar-refractivity contribution in [2.75, 3.05) is 14.2 Å². The zero-order valence-corrected chi connectivity index (χ0v) is 8.64. The molecule has 82 valence electrons. The second-order valence-corrected chi connectivity index (χ2v) is 2.90. The van der Waals surface area contributed by atoms with Crippen molar-refractivity contribution in [3.63, 3.8) is 0 Å². The Bertz CT molecular complexity index is 340. The van der Waals surface area contributed by atoms with Crippen molar-refractivity contribution in [3.05, 3.63) is 23.9 Å². The molecule has 0 fully saturated rings. The molecule has 0 amide bonds. The SMILES string of the molecule is COC(=O)C[C@H](O)c1cccnc1OC. The van der Waals surface area contributed by atoms with Crippen LogP contribution in [0.3, 0.4) is 0 Å². The standard InChI is InChI=1S/C10H13NO4/c1-14-9(13)6-8(12)7-4-3-5-11-10(7)15-2/h3-5,8,12H,6H2,1-2H3/t8-/m0/s1. The van der Waals surface area contributed by atoms with Gasteiger partial charge in [-0.05, 0) is 12.1 Å². The van der Waals surface area contributed by atoms with Gasteiger partial charge in [-0.3, -0.25) is 4.79 Å². The minimum Gasteiger partial charge on any atom is -0.481 e. The molecule has 5 nitrogen and oxygen atoms in total. The highest BCUT2D eigenvalue weighted by molar-refractivity contribution is 5.70. The van der Waals surface area contributed by atoms with Crippen LogP contribution in [0.15, 0.2) is 18.3 Å². The van der Waals surface area contributed by atoms with E-state index in [0.29, 0.717) is 11.4 Å². The van der Waals surface area contributed by atoms with Crippen molar-refractivity contribution < 1.29 is 19.4 Å². The molecule has 0 spiro atoms. The molecule has 1 atom stereocenters. The molecular formula is C10H13NO4. The zero-order chi connectivity index (χ0) is 11.3. The number of nitrogens with zero attached hydrogens (tertiary/aromatic N) is 1. The van der Waals surface area contributed by atoms with Crippen LogP contribution in [0.25, 0.3) is 0 Å². The van der Waals surface area contributed by atoms with Gasteiger partial charge in [0.25, 0.3) is 0 Å². The predicted octanol–water partition coefficient (Wildman–Crippen LogP) is 0.687. The van der Waals surface area contributed by atoms with E-state index >= 15 is 0 Å². The minimum atomic E-state index is -0.957. The van der Waals surface area contributed by atoms with E-state index < -0.39 is 12.1 Å². The Labute approximate surface area is 87.7 Å². The number of pyridine rings is 1. The molecule has 1 N–H and O–H groups in total. The molecule has 0 radical (unpaired) electrons. The van der Waals surface area contributed by atoms with Gasteiger partial charge in [-0.25, -0.2) is 4.98 Å². The van der Waals surface area contributed by atoms with Crippen molar-refractivity contribution in [2.45, 2.75) is 12.5 Å². The maximum Gasteiger partial charge on any atom is 0.308 e. The van der Waals surface area contributed by atoms with E-state index in [4.69, 9.17) is 4.74 Å². The van der Waals surface area contributed by atoms with E-state index in [1.165, 1.54) is 14.2 Å². The van der Waals surface area contributed by atoms with Crippen LogP contribution in [0.5, 0.6) is 5.88 Å². The van der Waals surface area contributed by atoms with Crippen LogP contribution in [0.2, 0.25) is 0 Å². The molecule has 5 heteroatoms. The summed E-state index contributed by atoms with van der Waals surface area (Å²) in [6.45, 7) is 0. The molecule has 0 aliphatic rings. The Balaban J connectivity index is 2.80. The average molecular weight is 211 g/mol. The van der Waals surface area contributed by atoms with Gasteiger partial charge < -0.3 is 14.6 Å². The van der Waals surface area contributed by atoms with Crippen LogP contribution in [-0.2, 0) is 9.53 Å². The first kappa shape index (κ1) is 11.5. The molecule has 0 bridgehead atoms. The lowest BCUT2D eigenvalue weighted by Crippen LogP contribution is -2.09. The summed E-state index contributed by atoms with van der Waals surface area (Å²) in [5.41, 5.74) is 0.477. The predicted molar refractivity (Wildman–Crippen MR) is 52.4 cm³/mol. The zero-order valence-electron chi connectivity index (χ0n) is 8.64. The first-order valence-electron chi connectivity index (χ1n) is 4.42. The monoisotopic (exact) mass is 211 g/mol. The number of aliphatic hydroxyl groups is 1. The number of rotatable bonds is 4. The van der Waals surface area contributed by atoms with Crippen LogP contribution in [0.4, 0.5) is 0 Å². The molecule has 15 heavy (non-hydrogen) atoms. The van der Waals surface area contributed by atoms with Gasteiger partial charge in [-0.15, -0.1) is 0 Å². The lowest BCUT2D eigenvalue weighted by atomic mass is 10.1.